The van der Waals surface area contributed by atoms with Crippen LogP contribution in [-0.2, 0) is 4.74 Å². The molecule has 1 aliphatic rings. The maximum absolute atomic E-state index is 12.2. The summed E-state index contributed by atoms with van der Waals surface area (Å²) in [6, 6.07) is 4.23. The summed E-state index contributed by atoms with van der Waals surface area (Å²) in [6.45, 7) is 3.45. The molecule has 1 aliphatic heterocycles. The normalized spacial score (nSPS) is 18.4. The summed E-state index contributed by atoms with van der Waals surface area (Å²) in [4.78, 5) is 7.54. The largest absolute Gasteiger partial charge is 0.390 e. The zero-order chi connectivity index (χ0) is 17.4. The van der Waals surface area contributed by atoms with Crippen molar-refractivity contribution in [1.82, 2.24) is 15.5 Å². The Kier molecular flexibility index (Phi) is 7.32. The quantitative estimate of drug-likeness (QED) is 0.600. The SMILES string of the molecule is CN=C(NCCC(F)(F)F)NCC(c1cccs1)N1CCOCC1. The number of ether oxygens (including phenoxy) is 1. The van der Waals surface area contributed by atoms with Crippen molar-refractivity contribution in [3.05, 3.63) is 22.4 Å². The lowest BCUT2D eigenvalue weighted by atomic mass is 10.2. The van der Waals surface area contributed by atoms with Crippen LogP contribution >= 0.6 is 11.3 Å². The Morgan fingerprint density at radius 2 is 2.12 bits per heavy atom. The van der Waals surface area contributed by atoms with E-state index < -0.39 is 12.6 Å². The number of nitrogens with one attached hydrogen (secondary N) is 2. The molecule has 0 spiro atoms. The topological polar surface area (TPSA) is 48.9 Å². The number of thiophene rings is 1. The number of alkyl halides is 3. The fourth-order valence-corrected chi connectivity index (χ4v) is 3.38. The van der Waals surface area contributed by atoms with Crippen molar-refractivity contribution in [2.45, 2.75) is 18.6 Å². The van der Waals surface area contributed by atoms with Crippen LogP contribution in [0.1, 0.15) is 17.3 Å². The molecular weight excluding hydrogens is 341 g/mol. The van der Waals surface area contributed by atoms with Gasteiger partial charge in [-0.15, -0.1) is 11.3 Å². The minimum absolute atomic E-state index is 0.148. The molecule has 1 fully saturated rings. The van der Waals surface area contributed by atoms with E-state index in [4.69, 9.17) is 4.74 Å². The second kappa shape index (κ2) is 9.24. The van der Waals surface area contributed by atoms with E-state index in [1.807, 2.05) is 11.4 Å². The Morgan fingerprint density at radius 1 is 1.38 bits per heavy atom. The van der Waals surface area contributed by atoms with Crippen LogP contribution in [0.15, 0.2) is 22.5 Å². The average molecular weight is 364 g/mol. The number of hydrogen-bond acceptors (Lipinski definition) is 4. The van der Waals surface area contributed by atoms with Gasteiger partial charge in [0.25, 0.3) is 0 Å². The van der Waals surface area contributed by atoms with Gasteiger partial charge in [0.15, 0.2) is 5.96 Å². The van der Waals surface area contributed by atoms with E-state index in [2.05, 4.69) is 26.6 Å². The Morgan fingerprint density at radius 3 is 2.71 bits per heavy atom. The lowest BCUT2D eigenvalue weighted by Gasteiger charge is -2.34. The van der Waals surface area contributed by atoms with Gasteiger partial charge in [-0.2, -0.15) is 13.2 Å². The summed E-state index contributed by atoms with van der Waals surface area (Å²) < 4.78 is 42.1. The van der Waals surface area contributed by atoms with Gasteiger partial charge < -0.3 is 15.4 Å². The first-order valence-corrected chi connectivity index (χ1v) is 8.74. The molecule has 1 aromatic rings. The molecule has 0 aromatic carbocycles. The highest BCUT2D eigenvalue weighted by Gasteiger charge is 2.27. The molecule has 1 unspecified atom stereocenters. The van der Waals surface area contributed by atoms with Crippen LogP contribution in [0.2, 0.25) is 0 Å². The first kappa shape index (κ1) is 19.0. The minimum Gasteiger partial charge on any atom is -0.379 e. The maximum atomic E-state index is 12.2. The zero-order valence-corrected chi connectivity index (χ0v) is 14.4. The van der Waals surface area contributed by atoms with Crippen molar-refractivity contribution in [3.63, 3.8) is 0 Å². The monoisotopic (exact) mass is 364 g/mol. The number of morpholine rings is 1. The average Bonchev–Trinajstić information content (AvgIpc) is 3.07. The molecule has 0 aliphatic carbocycles. The van der Waals surface area contributed by atoms with Crippen molar-refractivity contribution in [2.75, 3.05) is 46.4 Å². The van der Waals surface area contributed by atoms with Gasteiger partial charge in [-0.25, -0.2) is 0 Å². The van der Waals surface area contributed by atoms with E-state index in [1.54, 1.807) is 18.4 Å². The Bertz CT molecular complexity index is 501. The van der Waals surface area contributed by atoms with E-state index in [0.717, 1.165) is 13.1 Å². The Hall–Kier alpha value is -1.32. The van der Waals surface area contributed by atoms with E-state index in [-0.39, 0.29) is 12.6 Å². The van der Waals surface area contributed by atoms with Crippen molar-refractivity contribution in [1.29, 1.82) is 0 Å². The second-order valence-electron chi connectivity index (χ2n) is 5.42. The van der Waals surface area contributed by atoms with Crippen LogP contribution in [0.3, 0.4) is 0 Å². The molecule has 1 saturated heterocycles. The predicted octanol–water partition coefficient (Wildman–Crippen LogP) is 2.24. The van der Waals surface area contributed by atoms with E-state index >= 15 is 0 Å². The molecule has 0 bridgehead atoms. The van der Waals surface area contributed by atoms with Crippen LogP contribution in [0.25, 0.3) is 0 Å². The van der Waals surface area contributed by atoms with E-state index in [9.17, 15) is 13.2 Å². The molecule has 1 atom stereocenters. The lowest BCUT2D eigenvalue weighted by Crippen LogP contribution is -2.46. The van der Waals surface area contributed by atoms with Crippen molar-refractivity contribution in [3.8, 4) is 0 Å². The predicted molar refractivity (Wildman–Crippen MR) is 89.5 cm³/mol. The molecular formula is C15H23F3N4OS. The van der Waals surface area contributed by atoms with Gasteiger partial charge in [-0.3, -0.25) is 9.89 Å². The highest BCUT2D eigenvalue weighted by atomic mass is 32.1. The second-order valence-corrected chi connectivity index (χ2v) is 6.40. The van der Waals surface area contributed by atoms with Gasteiger partial charge in [0.2, 0.25) is 0 Å². The molecule has 2 heterocycles. The smallest absolute Gasteiger partial charge is 0.379 e. The van der Waals surface area contributed by atoms with Crippen LogP contribution in [-0.4, -0.2) is 63.5 Å². The first-order valence-electron chi connectivity index (χ1n) is 7.86. The van der Waals surface area contributed by atoms with Crippen molar-refractivity contribution in [2.24, 2.45) is 4.99 Å². The number of aliphatic imine (C=N–C) groups is 1. The molecule has 1 aromatic heterocycles. The highest BCUT2D eigenvalue weighted by Crippen LogP contribution is 2.25. The number of hydrogen-bond donors (Lipinski definition) is 2. The molecule has 5 nitrogen and oxygen atoms in total. The molecule has 0 amide bonds. The Balaban J connectivity index is 1.89. The van der Waals surface area contributed by atoms with Gasteiger partial charge in [-0.05, 0) is 11.4 Å². The third kappa shape index (κ3) is 6.29. The van der Waals surface area contributed by atoms with Gasteiger partial charge in [0.05, 0.1) is 25.7 Å². The minimum atomic E-state index is -4.17. The fraction of sp³-hybridized carbons (Fsp3) is 0.667. The van der Waals surface area contributed by atoms with Gasteiger partial charge in [-0.1, -0.05) is 6.07 Å². The molecule has 0 saturated carbocycles. The van der Waals surface area contributed by atoms with Crippen molar-refractivity contribution < 1.29 is 17.9 Å². The molecule has 9 heteroatoms. The third-order valence-electron chi connectivity index (χ3n) is 3.75. The molecule has 136 valence electrons. The zero-order valence-electron chi connectivity index (χ0n) is 13.6. The number of guanidine groups is 1. The van der Waals surface area contributed by atoms with E-state index in [1.165, 1.54) is 4.88 Å². The van der Waals surface area contributed by atoms with Crippen LogP contribution in [0.5, 0.6) is 0 Å². The molecule has 2 N–H and O–H groups in total. The van der Waals surface area contributed by atoms with Crippen LogP contribution < -0.4 is 10.6 Å². The number of rotatable bonds is 6. The maximum Gasteiger partial charge on any atom is 0.390 e. The summed E-state index contributed by atoms with van der Waals surface area (Å²) in [6.07, 6.45) is -5.05. The van der Waals surface area contributed by atoms with Gasteiger partial charge in [0.1, 0.15) is 0 Å². The van der Waals surface area contributed by atoms with Crippen LogP contribution in [0.4, 0.5) is 13.2 Å². The summed E-state index contributed by atoms with van der Waals surface area (Å²) in [5.41, 5.74) is 0. The molecule has 2 rings (SSSR count). The highest BCUT2D eigenvalue weighted by molar-refractivity contribution is 7.10. The summed E-state index contributed by atoms with van der Waals surface area (Å²) in [7, 11) is 1.55. The summed E-state index contributed by atoms with van der Waals surface area (Å²) in [5, 5.41) is 7.87. The van der Waals surface area contributed by atoms with Gasteiger partial charge >= 0.3 is 6.18 Å². The van der Waals surface area contributed by atoms with Gasteiger partial charge in [0, 0.05) is 38.1 Å². The molecule has 24 heavy (non-hydrogen) atoms. The number of nitrogens with zero attached hydrogens (tertiary/aromatic N) is 2. The summed E-state index contributed by atoms with van der Waals surface area (Å²) in [5.74, 6) is 0.383. The van der Waals surface area contributed by atoms with E-state index in [0.29, 0.717) is 25.7 Å². The van der Waals surface area contributed by atoms with Crippen molar-refractivity contribution >= 4 is 17.3 Å². The third-order valence-corrected chi connectivity index (χ3v) is 4.72. The standard InChI is InChI=1S/C15H23F3N4OS/c1-19-14(20-5-4-15(16,17)18)21-11-12(13-3-2-10-24-13)22-6-8-23-9-7-22/h2-3,10,12H,4-9,11H2,1H3,(H2,19,20,21). The first-order chi connectivity index (χ1) is 11.5. The fourth-order valence-electron chi connectivity index (χ4n) is 2.52. The lowest BCUT2D eigenvalue weighted by molar-refractivity contribution is -0.132. The summed E-state index contributed by atoms with van der Waals surface area (Å²) >= 11 is 1.67. The molecule has 0 radical (unpaired) electrons. The Labute approximate surface area is 143 Å². The number of halogens is 3. The van der Waals surface area contributed by atoms with Crippen LogP contribution in [0, 0.1) is 0 Å².